The molecule has 0 bridgehead atoms. The first-order valence-corrected chi connectivity index (χ1v) is 8.82. The maximum Gasteiger partial charge on any atom is 1.00 e. The van der Waals surface area contributed by atoms with E-state index in [1.54, 1.807) is 0 Å². The molecule has 0 unspecified atom stereocenters. The Labute approximate surface area is 192 Å². The summed E-state index contributed by atoms with van der Waals surface area (Å²) >= 11 is 0. The molecule has 0 atom stereocenters. The molecule has 0 amide bonds. The molecule has 9 heteroatoms. The van der Waals surface area contributed by atoms with Crippen LogP contribution in [0.3, 0.4) is 0 Å². The second kappa shape index (κ2) is 10.6. The molecule has 25 heavy (non-hydrogen) atoms. The van der Waals surface area contributed by atoms with Gasteiger partial charge in [0.15, 0.2) is 0 Å². The fourth-order valence-corrected chi connectivity index (χ4v) is 3.30. The minimum atomic E-state index is -4.73. The van der Waals surface area contributed by atoms with Crippen LogP contribution in [0, 0.1) is 13.1 Å². The zero-order valence-electron chi connectivity index (χ0n) is 15.2. The summed E-state index contributed by atoms with van der Waals surface area (Å²) < 4.78 is 36.2. The Morgan fingerprint density at radius 2 is 1.56 bits per heavy atom. The Morgan fingerprint density at radius 3 is 1.88 bits per heavy atom. The molecule has 0 aromatic carbocycles. The molecule has 0 aromatic rings. The number of hydrogen-bond donors (Lipinski definition) is 0. The first kappa shape index (κ1) is 24.5. The number of nitrogens with zero attached hydrogens (tertiary/aromatic N) is 3. The van der Waals surface area contributed by atoms with Crippen LogP contribution in [-0.2, 0) is 14.6 Å². The Kier molecular flexibility index (Phi) is 10.4. The molecular weight excluding hydrogens is 369 g/mol. The van der Waals surface area contributed by atoms with Crippen LogP contribution in [0.1, 0.15) is 40.5 Å². The molecule has 0 N–H and O–H groups in total. The van der Waals surface area contributed by atoms with E-state index in [1.807, 2.05) is 32.6 Å². The zero-order chi connectivity index (χ0) is 18.5. The molecule has 130 valence electrons. The second-order valence-corrected chi connectivity index (χ2v) is 6.21. The minimum absolute atomic E-state index is 0. The summed E-state index contributed by atoms with van der Waals surface area (Å²) in [6.07, 6.45) is 1.28. The van der Waals surface area contributed by atoms with Crippen LogP contribution in [0.5, 0.6) is 0 Å². The standard InChI is InChI=1S/C16H21N3O4S.K/c1-7-13-11(3)15(16(17-5)18-6)12(4)14(8-2)19(13)9-10-23-24(20,21)22;/h7-10H2,1-4H3,(H,20,21,22);/q;+1/p-1. The van der Waals surface area contributed by atoms with Crippen LogP contribution >= 0.6 is 0 Å². The van der Waals surface area contributed by atoms with E-state index in [-0.39, 0.29) is 70.4 Å². The quantitative estimate of drug-likeness (QED) is 0.281. The normalized spacial score (nSPS) is 14.8. The van der Waals surface area contributed by atoms with Crippen LogP contribution < -0.4 is 51.4 Å². The Hall–Kier alpha value is -0.494. The summed E-state index contributed by atoms with van der Waals surface area (Å²) in [6.45, 7) is 22.0. The summed E-state index contributed by atoms with van der Waals surface area (Å²) in [6, 6.07) is 0. The zero-order valence-corrected chi connectivity index (χ0v) is 19.2. The molecule has 7 nitrogen and oxygen atoms in total. The molecule has 0 aromatic heterocycles. The van der Waals surface area contributed by atoms with Crippen molar-refractivity contribution in [3.8, 4) is 0 Å². The SMILES string of the molecule is [C-]#[N+]C([N+]#[C-])=C1C(C)=C(CC)N(CCOS(=O)(=O)[O-])C(CC)=C1C.[K+]. The van der Waals surface area contributed by atoms with Gasteiger partial charge in [0.1, 0.15) is 13.1 Å². The van der Waals surface area contributed by atoms with Gasteiger partial charge in [0.25, 0.3) is 0 Å². The van der Waals surface area contributed by atoms with Crippen LogP contribution in [0.4, 0.5) is 0 Å². The van der Waals surface area contributed by atoms with E-state index in [2.05, 4.69) is 13.9 Å². The van der Waals surface area contributed by atoms with Crippen LogP contribution in [-0.4, -0.2) is 31.0 Å². The topological polar surface area (TPSA) is 78.4 Å². The van der Waals surface area contributed by atoms with E-state index < -0.39 is 10.4 Å². The van der Waals surface area contributed by atoms with Crippen molar-refractivity contribution in [3.63, 3.8) is 0 Å². The molecule has 0 aliphatic carbocycles. The monoisotopic (exact) mass is 389 g/mol. The fraction of sp³-hybridized carbons (Fsp3) is 0.500. The third-order valence-electron chi connectivity index (χ3n) is 3.92. The second-order valence-electron chi connectivity index (χ2n) is 5.15. The van der Waals surface area contributed by atoms with E-state index in [0.717, 1.165) is 22.5 Å². The van der Waals surface area contributed by atoms with Gasteiger partial charge in [0.2, 0.25) is 10.4 Å². The first-order chi connectivity index (χ1) is 11.2. The molecule has 1 heterocycles. The van der Waals surface area contributed by atoms with Gasteiger partial charge < -0.3 is 9.45 Å². The van der Waals surface area contributed by atoms with E-state index in [1.165, 1.54) is 0 Å². The number of allylic oxidation sites excluding steroid dienone is 5. The average molecular weight is 390 g/mol. The van der Waals surface area contributed by atoms with Crippen molar-refractivity contribution in [2.24, 2.45) is 0 Å². The van der Waals surface area contributed by atoms with E-state index in [0.29, 0.717) is 18.4 Å². The largest absolute Gasteiger partial charge is 1.00 e. The maximum absolute atomic E-state index is 10.6. The molecule has 0 saturated heterocycles. The number of hydrogen-bond acceptors (Lipinski definition) is 5. The maximum atomic E-state index is 10.6. The van der Waals surface area contributed by atoms with Crippen LogP contribution in [0.15, 0.2) is 33.9 Å². The van der Waals surface area contributed by atoms with Gasteiger partial charge in [-0.3, -0.25) is 4.18 Å². The summed E-state index contributed by atoms with van der Waals surface area (Å²) in [7, 11) is -4.73. The molecule has 1 aliphatic rings. The van der Waals surface area contributed by atoms with Gasteiger partial charge in [0.05, 0.1) is 12.2 Å². The summed E-state index contributed by atoms with van der Waals surface area (Å²) in [5.41, 5.74) is 4.06. The molecule has 1 aliphatic heterocycles. The minimum Gasteiger partial charge on any atom is -0.726 e. The molecule has 1 rings (SSSR count). The molecular formula is C16H20KN3O4S. The average Bonchev–Trinajstić information content (AvgIpc) is 2.50. The Bertz CT molecular complexity index is 752. The third kappa shape index (κ3) is 6.02. The van der Waals surface area contributed by atoms with Crippen molar-refractivity contribution in [3.05, 3.63) is 56.8 Å². The van der Waals surface area contributed by atoms with Crippen molar-refractivity contribution < 1.29 is 68.5 Å². The van der Waals surface area contributed by atoms with Gasteiger partial charge in [-0.1, -0.05) is 13.8 Å². The molecule has 0 fully saturated rings. The van der Waals surface area contributed by atoms with Crippen molar-refractivity contribution in [1.29, 1.82) is 0 Å². The van der Waals surface area contributed by atoms with Crippen molar-refractivity contribution in [1.82, 2.24) is 4.90 Å². The third-order valence-corrected chi connectivity index (χ3v) is 4.37. The summed E-state index contributed by atoms with van der Waals surface area (Å²) in [5.74, 6) is 0.0277. The first-order valence-electron chi connectivity index (χ1n) is 7.48. The summed E-state index contributed by atoms with van der Waals surface area (Å²) in [5, 5.41) is 0. The summed E-state index contributed by atoms with van der Waals surface area (Å²) in [4.78, 5) is 8.58. The van der Waals surface area contributed by atoms with Crippen molar-refractivity contribution in [2.45, 2.75) is 40.5 Å². The van der Waals surface area contributed by atoms with E-state index in [9.17, 15) is 13.0 Å². The van der Waals surface area contributed by atoms with Gasteiger partial charge in [-0.05, 0) is 37.8 Å². The molecule has 0 saturated carbocycles. The van der Waals surface area contributed by atoms with Gasteiger partial charge >= 0.3 is 57.2 Å². The van der Waals surface area contributed by atoms with Crippen LogP contribution in [0.25, 0.3) is 9.69 Å². The molecule has 0 spiro atoms. The van der Waals surface area contributed by atoms with Gasteiger partial charge in [-0.2, -0.15) is 9.69 Å². The Morgan fingerprint density at radius 1 is 1.12 bits per heavy atom. The van der Waals surface area contributed by atoms with E-state index in [4.69, 9.17) is 13.1 Å². The van der Waals surface area contributed by atoms with Gasteiger partial charge in [0, 0.05) is 17.9 Å². The van der Waals surface area contributed by atoms with E-state index >= 15 is 0 Å². The predicted molar refractivity (Wildman–Crippen MR) is 88.6 cm³/mol. The van der Waals surface area contributed by atoms with Gasteiger partial charge in [-0.25, -0.2) is 8.42 Å². The smallest absolute Gasteiger partial charge is 0.726 e. The van der Waals surface area contributed by atoms with Crippen molar-refractivity contribution >= 4 is 10.4 Å². The van der Waals surface area contributed by atoms with Gasteiger partial charge in [-0.15, -0.1) is 0 Å². The van der Waals surface area contributed by atoms with Crippen molar-refractivity contribution in [2.75, 3.05) is 13.2 Å². The van der Waals surface area contributed by atoms with Crippen LogP contribution in [0.2, 0.25) is 0 Å². The predicted octanol–water partition coefficient (Wildman–Crippen LogP) is 0.201. The fourth-order valence-electron chi connectivity index (χ4n) is 3.02. The Balaban J connectivity index is 0.00000576. The molecule has 0 radical (unpaired) electrons. The number of rotatable bonds is 6.